The lowest BCUT2D eigenvalue weighted by Gasteiger charge is -2.17. The first kappa shape index (κ1) is 17.6. The third kappa shape index (κ3) is 2.80. The number of nitrogens with zero attached hydrogens (tertiary/aromatic N) is 3. The van der Waals surface area contributed by atoms with Crippen molar-refractivity contribution in [3.63, 3.8) is 0 Å². The van der Waals surface area contributed by atoms with E-state index >= 15 is 0 Å². The van der Waals surface area contributed by atoms with Gasteiger partial charge in [0.25, 0.3) is 0 Å². The summed E-state index contributed by atoms with van der Waals surface area (Å²) in [6.07, 6.45) is 0. The molecule has 0 spiro atoms. The van der Waals surface area contributed by atoms with E-state index in [2.05, 4.69) is 83.8 Å². The monoisotopic (exact) mass is 381 g/mol. The van der Waals surface area contributed by atoms with Crippen LogP contribution < -0.4 is 4.74 Å². The first-order valence-electron chi connectivity index (χ1n) is 9.83. The van der Waals surface area contributed by atoms with Crippen molar-refractivity contribution in [3.05, 3.63) is 90.1 Å². The molecule has 0 amide bonds. The van der Waals surface area contributed by atoms with Gasteiger partial charge in [0, 0.05) is 24.0 Å². The fraction of sp³-hybridized carbons (Fsp3) is 0.160. The Morgan fingerprint density at radius 1 is 0.862 bits per heavy atom. The average molecular weight is 381 g/mol. The topological polar surface area (TPSA) is 32.0 Å². The second-order valence-electron chi connectivity index (χ2n) is 7.42. The van der Waals surface area contributed by atoms with Crippen LogP contribution in [0.25, 0.3) is 27.9 Å². The second kappa shape index (κ2) is 6.82. The lowest BCUT2D eigenvalue weighted by atomic mass is 9.97. The minimum Gasteiger partial charge on any atom is -0.497 e. The van der Waals surface area contributed by atoms with Gasteiger partial charge in [0.05, 0.1) is 23.7 Å². The molecular formula is C25H23N3O. The molecule has 144 valence electrons. The Labute approximate surface area is 170 Å². The number of aromatic nitrogens is 3. The second-order valence-corrected chi connectivity index (χ2v) is 7.42. The number of imidazole rings is 1. The smallest absolute Gasteiger partial charge is 0.215 e. The quantitative estimate of drug-likeness (QED) is 0.401. The Kier molecular flexibility index (Phi) is 4.13. The van der Waals surface area contributed by atoms with Crippen LogP contribution in [0.15, 0.2) is 78.9 Å². The fourth-order valence-electron chi connectivity index (χ4n) is 4.11. The third-order valence-corrected chi connectivity index (χ3v) is 5.76. The van der Waals surface area contributed by atoms with Crippen LogP contribution in [0.5, 0.6) is 5.75 Å². The van der Waals surface area contributed by atoms with Crippen molar-refractivity contribution >= 4 is 21.9 Å². The van der Waals surface area contributed by atoms with Crippen LogP contribution in [0.3, 0.4) is 0 Å². The molecule has 0 fully saturated rings. The van der Waals surface area contributed by atoms with Crippen LogP contribution in [-0.2, 0) is 7.05 Å². The van der Waals surface area contributed by atoms with Gasteiger partial charge in [-0.15, -0.1) is 0 Å². The van der Waals surface area contributed by atoms with Gasteiger partial charge in [-0.2, -0.15) is 0 Å². The standard InChI is InChI=1S/C25H23N3O/c1-17(18-12-14-20(29-3)15-13-18)24-16-19-8-4-6-10-22(19)28(24)25-26-21-9-5-7-11-23(21)27(25)2/h4-17H,1-3H3/t17-/m0/s1. The number of para-hydroxylation sites is 3. The van der Waals surface area contributed by atoms with Crippen molar-refractivity contribution in [2.45, 2.75) is 12.8 Å². The molecule has 0 saturated heterocycles. The molecule has 0 N–H and O–H groups in total. The van der Waals surface area contributed by atoms with Gasteiger partial charge >= 0.3 is 0 Å². The molecule has 0 saturated carbocycles. The average Bonchev–Trinajstić information content (AvgIpc) is 3.31. The highest BCUT2D eigenvalue weighted by Crippen LogP contribution is 2.33. The summed E-state index contributed by atoms with van der Waals surface area (Å²) >= 11 is 0. The van der Waals surface area contributed by atoms with E-state index in [1.54, 1.807) is 7.11 Å². The predicted molar refractivity (Wildman–Crippen MR) is 118 cm³/mol. The number of rotatable bonds is 4. The number of benzene rings is 3. The zero-order chi connectivity index (χ0) is 20.0. The van der Waals surface area contributed by atoms with Crippen molar-refractivity contribution in [3.8, 4) is 11.7 Å². The maximum atomic E-state index is 5.33. The van der Waals surface area contributed by atoms with E-state index in [1.807, 2.05) is 18.2 Å². The summed E-state index contributed by atoms with van der Waals surface area (Å²) in [5, 5.41) is 1.22. The first-order chi connectivity index (χ1) is 14.2. The van der Waals surface area contributed by atoms with Gasteiger partial charge in [-0.25, -0.2) is 4.98 Å². The molecule has 0 radical (unpaired) electrons. The van der Waals surface area contributed by atoms with Crippen LogP contribution in [0.4, 0.5) is 0 Å². The maximum Gasteiger partial charge on any atom is 0.215 e. The lowest BCUT2D eigenvalue weighted by Crippen LogP contribution is -2.09. The molecule has 0 bridgehead atoms. The van der Waals surface area contributed by atoms with E-state index in [-0.39, 0.29) is 5.92 Å². The van der Waals surface area contributed by atoms with Gasteiger partial charge < -0.3 is 9.30 Å². The normalized spacial score (nSPS) is 12.5. The van der Waals surface area contributed by atoms with E-state index in [4.69, 9.17) is 9.72 Å². The summed E-state index contributed by atoms with van der Waals surface area (Å²) in [7, 11) is 3.78. The molecule has 4 nitrogen and oxygen atoms in total. The SMILES string of the molecule is COc1ccc([C@H](C)c2cc3ccccc3n2-c2nc3ccccc3n2C)cc1. The van der Waals surface area contributed by atoms with Crippen molar-refractivity contribution in [2.24, 2.45) is 7.05 Å². The molecule has 2 heterocycles. The van der Waals surface area contributed by atoms with E-state index in [0.29, 0.717) is 0 Å². The number of hydrogen-bond donors (Lipinski definition) is 0. The molecule has 0 aliphatic rings. The number of hydrogen-bond acceptors (Lipinski definition) is 2. The molecule has 5 rings (SSSR count). The molecule has 2 aromatic heterocycles. The molecule has 0 aliphatic heterocycles. The molecule has 3 aromatic carbocycles. The zero-order valence-corrected chi connectivity index (χ0v) is 16.8. The molecule has 4 heteroatoms. The maximum absolute atomic E-state index is 5.33. The van der Waals surface area contributed by atoms with E-state index in [9.17, 15) is 0 Å². The molecule has 29 heavy (non-hydrogen) atoms. The summed E-state index contributed by atoms with van der Waals surface area (Å²) in [4.78, 5) is 4.97. The summed E-state index contributed by atoms with van der Waals surface area (Å²) in [5.41, 5.74) is 5.76. The van der Waals surface area contributed by atoms with Crippen molar-refractivity contribution in [1.29, 1.82) is 0 Å². The van der Waals surface area contributed by atoms with Crippen molar-refractivity contribution in [1.82, 2.24) is 14.1 Å². The van der Waals surface area contributed by atoms with Gasteiger partial charge in [0.2, 0.25) is 5.95 Å². The first-order valence-corrected chi connectivity index (χ1v) is 9.83. The third-order valence-electron chi connectivity index (χ3n) is 5.76. The van der Waals surface area contributed by atoms with Gasteiger partial charge in [-0.1, -0.05) is 49.4 Å². The Hall–Kier alpha value is -3.53. The molecule has 5 aromatic rings. The highest BCUT2D eigenvalue weighted by molar-refractivity contribution is 5.85. The molecule has 1 atom stereocenters. The Morgan fingerprint density at radius 2 is 1.55 bits per heavy atom. The van der Waals surface area contributed by atoms with Crippen LogP contribution in [-0.4, -0.2) is 21.2 Å². The zero-order valence-electron chi connectivity index (χ0n) is 16.8. The molecule has 0 unspecified atom stereocenters. The number of methoxy groups -OCH3 is 1. The summed E-state index contributed by atoms with van der Waals surface area (Å²) in [6, 6.07) is 27.4. The van der Waals surface area contributed by atoms with Gasteiger partial charge in [-0.3, -0.25) is 4.57 Å². The minimum atomic E-state index is 0.202. The van der Waals surface area contributed by atoms with Crippen molar-refractivity contribution in [2.75, 3.05) is 7.11 Å². The number of fused-ring (bicyclic) bond motifs is 2. The van der Waals surface area contributed by atoms with Gasteiger partial charge in [-0.05, 0) is 42.0 Å². The number of aryl methyl sites for hydroxylation is 1. The Bertz CT molecular complexity index is 1310. The van der Waals surface area contributed by atoms with Crippen molar-refractivity contribution < 1.29 is 4.74 Å². The summed E-state index contributed by atoms with van der Waals surface area (Å²) < 4.78 is 9.80. The highest BCUT2D eigenvalue weighted by Gasteiger charge is 2.21. The van der Waals surface area contributed by atoms with Gasteiger partial charge in [0.1, 0.15) is 5.75 Å². The summed E-state index contributed by atoms with van der Waals surface area (Å²) in [6.45, 7) is 2.25. The lowest BCUT2D eigenvalue weighted by molar-refractivity contribution is 0.414. The van der Waals surface area contributed by atoms with Crippen LogP contribution in [0, 0.1) is 0 Å². The van der Waals surface area contributed by atoms with E-state index < -0.39 is 0 Å². The Morgan fingerprint density at radius 3 is 2.28 bits per heavy atom. The molecular weight excluding hydrogens is 358 g/mol. The van der Waals surface area contributed by atoms with E-state index in [0.717, 1.165) is 22.7 Å². The molecule has 0 aliphatic carbocycles. The minimum absolute atomic E-state index is 0.202. The highest BCUT2D eigenvalue weighted by atomic mass is 16.5. The van der Waals surface area contributed by atoms with Gasteiger partial charge in [0.15, 0.2) is 0 Å². The fourth-order valence-corrected chi connectivity index (χ4v) is 4.11. The van der Waals surface area contributed by atoms with Crippen LogP contribution in [0.2, 0.25) is 0 Å². The largest absolute Gasteiger partial charge is 0.497 e. The van der Waals surface area contributed by atoms with Crippen LogP contribution in [0.1, 0.15) is 24.1 Å². The number of ether oxygens (including phenoxy) is 1. The van der Waals surface area contributed by atoms with Crippen LogP contribution >= 0.6 is 0 Å². The Balaban J connectivity index is 1.74. The summed E-state index contributed by atoms with van der Waals surface area (Å²) in [5.74, 6) is 2.01. The van der Waals surface area contributed by atoms with E-state index in [1.165, 1.54) is 22.2 Å². The predicted octanol–water partition coefficient (Wildman–Crippen LogP) is 5.68.